The minimum atomic E-state index is -2.06. The molecule has 5 heteroatoms. The fraction of sp³-hybridized carbons (Fsp3) is 0.385. The second-order valence-corrected chi connectivity index (χ2v) is 19.4. The van der Waals surface area contributed by atoms with E-state index in [4.69, 9.17) is 8.85 Å². The van der Waals surface area contributed by atoms with Crippen LogP contribution in [-0.4, -0.2) is 41.5 Å². The third kappa shape index (κ3) is 7.70. The van der Waals surface area contributed by atoms with Crippen LogP contribution in [0.15, 0.2) is 121 Å². The number of rotatable bonds is 10. The Morgan fingerprint density at radius 1 is 0.523 bits per heavy atom. The van der Waals surface area contributed by atoms with Crippen molar-refractivity contribution in [1.82, 2.24) is 0 Å². The summed E-state index contributed by atoms with van der Waals surface area (Å²) >= 11 is 0. The predicted octanol–water partition coefficient (Wildman–Crippen LogP) is 5.31. The van der Waals surface area contributed by atoms with Crippen LogP contribution in [0.5, 0.6) is 0 Å². The molecule has 232 valence electrons. The third-order valence-corrected chi connectivity index (χ3v) is 14.2. The lowest BCUT2D eigenvalue weighted by Crippen LogP contribution is -2.57. The van der Waals surface area contributed by atoms with Crippen LogP contribution in [0.2, 0.25) is 0 Å². The van der Waals surface area contributed by atoms with Crippen LogP contribution in [0.25, 0.3) is 0 Å². The Morgan fingerprint density at radius 2 is 0.841 bits per heavy atom. The molecule has 44 heavy (non-hydrogen) atoms. The zero-order chi connectivity index (χ0) is 31.3. The number of hydrogen-bond donors (Lipinski definition) is 1. The molecule has 0 bridgehead atoms. The fourth-order valence-electron chi connectivity index (χ4n) is 7.14. The van der Waals surface area contributed by atoms with E-state index in [1.54, 1.807) is 0 Å². The number of aliphatic hydroxyl groups is 1. The van der Waals surface area contributed by atoms with Gasteiger partial charge in [-0.2, -0.15) is 0 Å². The smallest absolute Gasteiger partial charge is 0.240 e. The van der Waals surface area contributed by atoms with Gasteiger partial charge < -0.3 is 14.0 Å². The molecule has 0 amide bonds. The average Bonchev–Trinajstić information content (AvgIpc) is 3.38. The molecular formula is C39H50O3Si2. The Morgan fingerprint density at radius 3 is 1.16 bits per heavy atom. The van der Waals surface area contributed by atoms with Gasteiger partial charge in [-0.05, 0) is 50.3 Å². The van der Waals surface area contributed by atoms with E-state index in [0.717, 1.165) is 12.8 Å². The van der Waals surface area contributed by atoms with Crippen molar-refractivity contribution in [3.05, 3.63) is 121 Å². The Bertz CT molecular complexity index is 1340. The highest BCUT2D eigenvalue weighted by Gasteiger charge is 2.51. The van der Waals surface area contributed by atoms with Crippen LogP contribution in [0.1, 0.15) is 54.4 Å². The van der Waals surface area contributed by atoms with Gasteiger partial charge in [-0.15, -0.1) is 0 Å². The van der Waals surface area contributed by atoms with Crippen molar-refractivity contribution in [2.45, 2.75) is 72.7 Å². The predicted molar refractivity (Wildman–Crippen MR) is 189 cm³/mol. The van der Waals surface area contributed by atoms with Crippen molar-refractivity contribution in [3.8, 4) is 0 Å². The summed E-state index contributed by atoms with van der Waals surface area (Å²) in [5.41, 5.74) is -0.304. The molecule has 3 nitrogen and oxygen atoms in total. The van der Waals surface area contributed by atoms with Gasteiger partial charge in [0.15, 0.2) is 0 Å². The molecule has 1 fully saturated rings. The second kappa shape index (κ2) is 14.1. The maximum absolute atomic E-state index is 11.8. The Labute approximate surface area is 268 Å². The van der Waals surface area contributed by atoms with Gasteiger partial charge in [-0.1, -0.05) is 163 Å². The van der Waals surface area contributed by atoms with Gasteiger partial charge in [-0.25, -0.2) is 0 Å². The van der Waals surface area contributed by atoms with E-state index in [1.807, 2.05) is 0 Å². The minimum Gasteiger partial charge on any atom is -0.407 e. The van der Waals surface area contributed by atoms with Gasteiger partial charge in [0.05, 0.1) is 18.3 Å². The second-order valence-electron chi connectivity index (χ2n) is 14.6. The lowest BCUT2D eigenvalue weighted by atomic mass is 9.70. The zero-order valence-corrected chi connectivity index (χ0v) is 29.6. The van der Waals surface area contributed by atoms with Crippen molar-refractivity contribution in [1.29, 1.82) is 0 Å². The molecule has 1 saturated carbocycles. The summed E-state index contributed by atoms with van der Waals surface area (Å²) in [5.74, 6) is 0.126. The van der Waals surface area contributed by atoms with Crippen LogP contribution >= 0.6 is 0 Å². The van der Waals surface area contributed by atoms with E-state index in [0.29, 0.717) is 0 Å². The molecule has 1 aliphatic rings. The summed E-state index contributed by atoms with van der Waals surface area (Å²) in [7, 11) is -4.09. The molecule has 0 aliphatic heterocycles. The molecule has 0 spiro atoms. The van der Waals surface area contributed by atoms with Gasteiger partial charge in [0, 0.05) is 5.92 Å². The van der Waals surface area contributed by atoms with Crippen molar-refractivity contribution in [2.75, 3.05) is 0 Å². The molecule has 4 aromatic rings. The summed E-state index contributed by atoms with van der Waals surface area (Å²) in [6.45, 7) is 13.7. The van der Waals surface area contributed by atoms with Crippen molar-refractivity contribution in [3.63, 3.8) is 0 Å². The Hall–Kier alpha value is -2.81. The number of hydrogen-bond acceptors (Lipinski definition) is 3. The average molecular weight is 623 g/mol. The summed E-state index contributed by atoms with van der Waals surface area (Å²) in [6, 6.07) is 43.0. The van der Waals surface area contributed by atoms with Gasteiger partial charge in [-0.3, -0.25) is 0 Å². The normalized spacial score (nSPS) is 20.6. The lowest BCUT2D eigenvalue weighted by Gasteiger charge is -2.46. The largest absolute Gasteiger partial charge is 0.407 e. The van der Waals surface area contributed by atoms with Crippen LogP contribution in [0, 0.1) is 22.7 Å². The van der Waals surface area contributed by atoms with E-state index >= 15 is 0 Å². The summed E-state index contributed by atoms with van der Waals surface area (Å²) < 4.78 is 14.9. The molecule has 5 rings (SSSR count). The quantitative estimate of drug-likeness (QED) is 0.244. The minimum absolute atomic E-state index is 0.0382. The maximum Gasteiger partial charge on any atom is 0.240 e. The van der Waals surface area contributed by atoms with Crippen molar-refractivity contribution >= 4 is 38.8 Å². The van der Waals surface area contributed by atoms with Crippen LogP contribution in [0.4, 0.5) is 0 Å². The van der Waals surface area contributed by atoms with Crippen LogP contribution in [0.3, 0.4) is 0 Å². The summed E-state index contributed by atoms with van der Waals surface area (Å²) in [6.07, 6.45) is 1.09. The molecule has 0 heterocycles. The van der Waals surface area contributed by atoms with Gasteiger partial charge in [0.1, 0.15) is 0 Å². The first-order valence-corrected chi connectivity index (χ1v) is 19.5. The first-order chi connectivity index (χ1) is 21.0. The molecular weight excluding hydrogens is 573 g/mol. The molecule has 1 aliphatic carbocycles. The van der Waals surface area contributed by atoms with E-state index in [9.17, 15) is 5.11 Å². The van der Waals surface area contributed by atoms with E-state index < -0.39 is 24.2 Å². The molecule has 0 radical (unpaired) electrons. The number of benzene rings is 4. The topological polar surface area (TPSA) is 38.7 Å². The van der Waals surface area contributed by atoms with Gasteiger partial charge in [0.2, 0.25) is 18.1 Å². The first-order valence-electron chi connectivity index (χ1n) is 16.2. The lowest BCUT2D eigenvalue weighted by molar-refractivity contribution is -0.0689. The molecule has 0 saturated heterocycles. The standard InChI is InChI=1S/C39H50O3Si2/c1-38(2,3)36(41-43(29-19-11-7-12-20-29)30-21-13-8-14-22-30)33-27-28-34(40)35(33)37(39(4,5)6)42-44(31-23-15-9-16-24-31)32-25-17-10-18-26-32/h7-26,33-37,40,43-44H,27-28H2,1-6H3/t33-,34+,35-,36?,37?/m0/s1. The van der Waals surface area contributed by atoms with E-state index in [2.05, 4.69) is 163 Å². The fourth-order valence-corrected chi connectivity index (χ4v) is 12.6. The molecule has 1 N–H and O–H groups in total. The van der Waals surface area contributed by atoms with Gasteiger partial charge in [0.25, 0.3) is 0 Å². The van der Waals surface area contributed by atoms with Gasteiger partial charge >= 0.3 is 0 Å². The highest BCUT2D eigenvalue weighted by Crippen LogP contribution is 2.47. The molecule has 0 aromatic heterocycles. The summed E-state index contributed by atoms with van der Waals surface area (Å²) in [5, 5.41) is 16.9. The maximum atomic E-state index is 11.8. The Kier molecular flexibility index (Phi) is 10.4. The van der Waals surface area contributed by atoms with E-state index in [-0.39, 0.29) is 34.9 Å². The highest BCUT2D eigenvalue weighted by atomic mass is 28.3. The SMILES string of the molecule is CC(C)(C)C(O[SiH](c1ccccc1)c1ccccc1)[C@@H]1[C@H](O)CC[C@@H]1C(O[SiH](c1ccccc1)c1ccccc1)C(C)(C)C. The van der Waals surface area contributed by atoms with Crippen molar-refractivity contribution in [2.24, 2.45) is 22.7 Å². The van der Waals surface area contributed by atoms with Crippen LogP contribution < -0.4 is 20.7 Å². The Balaban J connectivity index is 1.54. The summed E-state index contributed by atoms with van der Waals surface area (Å²) in [4.78, 5) is 0. The number of aliphatic hydroxyl groups excluding tert-OH is 1. The van der Waals surface area contributed by atoms with Crippen molar-refractivity contribution < 1.29 is 14.0 Å². The molecule has 5 atom stereocenters. The van der Waals surface area contributed by atoms with Crippen LogP contribution in [-0.2, 0) is 8.85 Å². The first kappa shape index (κ1) is 32.6. The monoisotopic (exact) mass is 622 g/mol. The molecule has 2 unspecified atom stereocenters. The highest BCUT2D eigenvalue weighted by molar-refractivity contribution is 6.80. The third-order valence-electron chi connectivity index (χ3n) is 9.15. The zero-order valence-electron chi connectivity index (χ0n) is 27.3. The molecule has 4 aromatic carbocycles. The van der Waals surface area contributed by atoms with E-state index in [1.165, 1.54) is 20.7 Å².